The first-order valence-electron chi connectivity index (χ1n) is 9.79. The number of nitrogens with zero attached hydrogens (tertiary/aromatic N) is 7. The Hall–Kier alpha value is -3.23. The number of para-hydroxylation sites is 1. The highest BCUT2D eigenvalue weighted by molar-refractivity contribution is 5.95. The number of aromatic nitrogens is 7. The molecule has 1 atom stereocenters. The topological polar surface area (TPSA) is 108 Å². The van der Waals surface area contributed by atoms with Crippen LogP contribution in [0.2, 0.25) is 0 Å². The van der Waals surface area contributed by atoms with E-state index in [1.165, 1.54) is 4.80 Å². The van der Waals surface area contributed by atoms with Gasteiger partial charge in [0.25, 0.3) is 0 Å². The van der Waals surface area contributed by atoms with Crippen LogP contribution in [0.5, 0.6) is 0 Å². The van der Waals surface area contributed by atoms with Gasteiger partial charge in [0.1, 0.15) is 5.69 Å². The first-order valence-corrected chi connectivity index (χ1v) is 9.79. The van der Waals surface area contributed by atoms with Gasteiger partial charge in [-0.15, -0.1) is 20.1 Å². The van der Waals surface area contributed by atoms with E-state index in [9.17, 15) is 9.59 Å². The van der Waals surface area contributed by atoms with Crippen molar-refractivity contribution < 1.29 is 9.59 Å². The zero-order valence-corrected chi connectivity index (χ0v) is 16.6. The Labute approximate surface area is 168 Å². The van der Waals surface area contributed by atoms with Gasteiger partial charge in [-0.1, -0.05) is 44.2 Å². The van der Waals surface area contributed by atoms with Gasteiger partial charge in [-0.05, 0) is 36.1 Å². The molecule has 0 spiro atoms. The van der Waals surface area contributed by atoms with Crippen molar-refractivity contribution in [3.05, 3.63) is 48.0 Å². The number of hydrogen-bond donors (Lipinski definition) is 0. The smallest absolute Gasteiger partial charge is 0.241 e. The second kappa shape index (κ2) is 7.65. The molecule has 2 aromatic heterocycles. The summed E-state index contributed by atoms with van der Waals surface area (Å²) in [7, 11) is 0. The minimum atomic E-state index is -0.208. The second-order valence-electron chi connectivity index (χ2n) is 7.88. The van der Waals surface area contributed by atoms with Gasteiger partial charge in [-0.25, -0.2) is 4.68 Å². The Bertz CT molecular complexity index is 1020. The zero-order chi connectivity index (χ0) is 20.5. The Morgan fingerprint density at radius 3 is 2.41 bits per heavy atom. The molecule has 0 aliphatic heterocycles. The Kier molecular flexibility index (Phi) is 5.04. The van der Waals surface area contributed by atoms with Crippen LogP contribution in [0.4, 0.5) is 0 Å². The van der Waals surface area contributed by atoms with Crippen LogP contribution in [0.15, 0.2) is 36.5 Å². The highest BCUT2D eigenvalue weighted by Crippen LogP contribution is 2.42. The lowest BCUT2D eigenvalue weighted by molar-refractivity contribution is 0.0731. The summed E-state index contributed by atoms with van der Waals surface area (Å²) >= 11 is 0. The van der Waals surface area contributed by atoms with E-state index in [4.69, 9.17) is 0 Å². The fraction of sp³-hybridized carbons (Fsp3) is 0.450. The van der Waals surface area contributed by atoms with Gasteiger partial charge in [0, 0.05) is 11.8 Å². The van der Waals surface area contributed by atoms with Crippen LogP contribution in [0, 0.1) is 17.8 Å². The first kappa shape index (κ1) is 19.1. The minimum Gasteiger partial charge on any atom is -0.292 e. The monoisotopic (exact) mass is 393 g/mol. The van der Waals surface area contributed by atoms with Crippen molar-refractivity contribution in [3.63, 3.8) is 0 Å². The molecule has 2 heterocycles. The maximum absolute atomic E-state index is 12.8. The molecule has 1 aromatic carbocycles. The summed E-state index contributed by atoms with van der Waals surface area (Å²) in [4.78, 5) is 26.2. The van der Waals surface area contributed by atoms with Crippen LogP contribution < -0.4 is 0 Å². The van der Waals surface area contributed by atoms with Gasteiger partial charge >= 0.3 is 0 Å². The molecule has 150 valence electrons. The normalized spacial score (nSPS) is 19.7. The number of Topliss-reactive ketones (excluding diaryl/α,β-unsaturated/α-hetero) is 2. The number of tetrazole rings is 1. The van der Waals surface area contributed by atoms with Crippen molar-refractivity contribution in [1.82, 2.24) is 35.2 Å². The standard InChI is InChI=1S/C20H23N7O2/c1-12(2)18(28)17-11-26(24-21-17)16-9-14(10-16)13(3)19(29)20-22-25-27(23-20)15-7-5-4-6-8-15/h4-8,11-14,16H,9-10H2,1-3H3. The zero-order valence-electron chi connectivity index (χ0n) is 16.6. The number of carbonyl (C=O) groups excluding carboxylic acids is 2. The van der Waals surface area contributed by atoms with Crippen molar-refractivity contribution in [2.24, 2.45) is 17.8 Å². The van der Waals surface area contributed by atoms with Gasteiger partial charge in [0.2, 0.25) is 11.6 Å². The summed E-state index contributed by atoms with van der Waals surface area (Å²) in [5, 5.41) is 20.3. The fourth-order valence-corrected chi connectivity index (χ4v) is 3.52. The van der Waals surface area contributed by atoms with E-state index in [2.05, 4.69) is 25.7 Å². The highest BCUT2D eigenvalue weighted by atomic mass is 16.1. The average molecular weight is 393 g/mol. The summed E-state index contributed by atoms with van der Waals surface area (Å²) in [6, 6.07) is 9.52. The maximum Gasteiger partial charge on any atom is 0.241 e. The van der Waals surface area contributed by atoms with Crippen LogP contribution in [0.3, 0.4) is 0 Å². The lowest BCUT2D eigenvalue weighted by Gasteiger charge is -2.37. The van der Waals surface area contributed by atoms with Crippen LogP contribution in [-0.4, -0.2) is 46.8 Å². The molecule has 3 aromatic rings. The summed E-state index contributed by atoms with van der Waals surface area (Å²) in [6.07, 6.45) is 3.32. The molecule has 9 heteroatoms. The molecule has 1 saturated carbocycles. The maximum atomic E-state index is 12.8. The van der Waals surface area contributed by atoms with Gasteiger partial charge < -0.3 is 0 Å². The number of benzene rings is 1. The molecule has 1 aliphatic carbocycles. The quantitative estimate of drug-likeness (QED) is 0.568. The van der Waals surface area contributed by atoms with E-state index in [1.54, 1.807) is 10.9 Å². The van der Waals surface area contributed by atoms with Crippen molar-refractivity contribution in [2.45, 2.75) is 39.7 Å². The van der Waals surface area contributed by atoms with Crippen LogP contribution >= 0.6 is 0 Å². The van der Waals surface area contributed by atoms with Crippen molar-refractivity contribution >= 4 is 11.6 Å². The molecule has 1 fully saturated rings. The molecule has 29 heavy (non-hydrogen) atoms. The van der Waals surface area contributed by atoms with E-state index in [0.717, 1.165) is 18.5 Å². The SMILES string of the molecule is CC(C)C(=O)c1cn(C2CC(C(C)C(=O)c3nnn(-c4ccccc4)n3)C2)nn1. The third kappa shape index (κ3) is 3.72. The van der Waals surface area contributed by atoms with Crippen molar-refractivity contribution in [3.8, 4) is 5.69 Å². The first-order chi connectivity index (χ1) is 13.9. The molecular weight excluding hydrogens is 370 g/mol. The summed E-state index contributed by atoms with van der Waals surface area (Å²) in [5.41, 5.74) is 1.16. The minimum absolute atomic E-state index is 0.0109. The summed E-state index contributed by atoms with van der Waals surface area (Å²) in [5.74, 6) is -0.0863. The molecular formula is C20H23N7O2. The lowest BCUT2D eigenvalue weighted by atomic mass is 9.71. The van der Waals surface area contributed by atoms with E-state index in [-0.39, 0.29) is 41.2 Å². The molecule has 0 N–H and O–H groups in total. The number of hydrogen-bond acceptors (Lipinski definition) is 7. The largest absolute Gasteiger partial charge is 0.292 e. The van der Waals surface area contributed by atoms with Crippen LogP contribution in [-0.2, 0) is 0 Å². The van der Waals surface area contributed by atoms with Crippen LogP contribution in [0.25, 0.3) is 5.69 Å². The molecule has 0 amide bonds. The molecule has 1 unspecified atom stereocenters. The van der Waals surface area contributed by atoms with E-state index in [0.29, 0.717) is 5.69 Å². The molecule has 0 saturated heterocycles. The van der Waals surface area contributed by atoms with Crippen molar-refractivity contribution in [1.29, 1.82) is 0 Å². The van der Waals surface area contributed by atoms with Crippen LogP contribution in [0.1, 0.15) is 60.8 Å². The third-order valence-electron chi connectivity index (χ3n) is 5.55. The molecule has 4 rings (SSSR count). The number of ketones is 2. The second-order valence-corrected chi connectivity index (χ2v) is 7.88. The predicted octanol–water partition coefficient (Wildman–Crippen LogP) is 2.56. The molecule has 9 nitrogen and oxygen atoms in total. The van der Waals surface area contributed by atoms with E-state index >= 15 is 0 Å². The average Bonchev–Trinajstić information content (AvgIpc) is 3.36. The molecule has 1 aliphatic rings. The van der Waals surface area contributed by atoms with Gasteiger partial charge in [0.05, 0.1) is 17.9 Å². The van der Waals surface area contributed by atoms with Gasteiger partial charge in [0.15, 0.2) is 5.78 Å². The fourth-order valence-electron chi connectivity index (χ4n) is 3.52. The van der Waals surface area contributed by atoms with E-state index < -0.39 is 0 Å². The highest BCUT2D eigenvalue weighted by Gasteiger charge is 2.39. The Balaban J connectivity index is 1.37. The van der Waals surface area contributed by atoms with E-state index in [1.807, 2.05) is 51.1 Å². The third-order valence-corrected chi connectivity index (χ3v) is 5.55. The molecule has 0 radical (unpaired) electrons. The Morgan fingerprint density at radius 1 is 1.00 bits per heavy atom. The van der Waals surface area contributed by atoms with Gasteiger partial charge in [-0.3, -0.25) is 9.59 Å². The summed E-state index contributed by atoms with van der Waals surface area (Å²) in [6.45, 7) is 5.59. The predicted molar refractivity (Wildman–Crippen MR) is 104 cm³/mol. The molecule has 0 bridgehead atoms. The number of carbonyl (C=O) groups is 2. The van der Waals surface area contributed by atoms with Crippen molar-refractivity contribution in [2.75, 3.05) is 0 Å². The van der Waals surface area contributed by atoms with Gasteiger partial charge in [-0.2, -0.15) is 0 Å². The number of rotatable bonds is 7. The lowest BCUT2D eigenvalue weighted by Crippen LogP contribution is -2.35. The summed E-state index contributed by atoms with van der Waals surface area (Å²) < 4.78 is 1.74. The Morgan fingerprint density at radius 2 is 1.72 bits per heavy atom.